The summed E-state index contributed by atoms with van der Waals surface area (Å²) in [5.74, 6) is -0.180. The number of phenolic OH excluding ortho intramolecular Hbond substituents is 1. The molecule has 4 aromatic rings. The van der Waals surface area contributed by atoms with E-state index in [1.54, 1.807) is 24.3 Å². The predicted octanol–water partition coefficient (Wildman–Crippen LogP) is 2.24. The van der Waals surface area contributed by atoms with Crippen LogP contribution in [-0.2, 0) is 12.8 Å². The molecule has 1 aliphatic rings. The fourth-order valence-electron chi connectivity index (χ4n) is 4.22. The first-order valence-electron chi connectivity index (χ1n) is 9.51. The van der Waals surface area contributed by atoms with Gasteiger partial charge in [-0.05, 0) is 42.4 Å². The number of nitrogens with one attached hydrogen (secondary N) is 1. The third kappa shape index (κ3) is 3.58. The van der Waals surface area contributed by atoms with E-state index in [-0.39, 0.29) is 68.4 Å². The Balaban J connectivity index is 0.00000218. The summed E-state index contributed by atoms with van der Waals surface area (Å²) in [6, 6.07) is 12.7. The zero-order valence-electron chi connectivity index (χ0n) is 16.4. The van der Waals surface area contributed by atoms with Gasteiger partial charge < -0.3 is 15.2 Å². The van der Waals surface area contributed by atoms with Crippen LogP contribution >= 0.6 is 22.9 Å². The van der Waals surface area contributed by atoms with E-state index in [1.807, 2.05) is 18.2 Å². The van der Waals surface area contributed by atoms with Gasteiger partial charge in [-0.25, -0.2) is 0 Å². The average Bonchev–Trinajstić information content (AvgIpc) is 3.05. The van der Waals surface area contributed by atoms with Crippen LogP contribution in [0.5, 0.6) is 11.5 Å². The number of thiophene rings is 1. The normalized spacial score (nSPS) is 13.1. The van der Waals surface area contributed by atoms with Crippen molar-refractivity contribution in [2.75, 3.05) is 0 Å². The zero-order valence-corrected chi connectivity index (χ0v) is 21.1. The number of phenols is 1. The Labute approximate surface area is 225 Å². The van der Waals surface area contributed by atoms with Crippen LogP contribution in [0.3, 0.4) is 0 Å². The number of rotatable bonds is 2. The number of aromatic amines is 1. The minimum Gasteiger partial charge on any atom is -0.871 e. The van der Waals surface area contributed by atoms with Gasteiger partial charge in [-0.3, -0.25) is 4.79 Å². The van der Waals surface area contributed by atoms with Gasteiger partial charge in [-0.1, -0.05) is 59.8 Å². The van der Waals surface area contributed by atoms with Crippen LogP contribution in [0.15, 0.2) is 47.3 Å². The van der Waals surface area contributed by atoms with Crippen LogP contribution in [-0.4, -0.2) is 10.1 Å². The van der Waals surface area contributed by atoms with E-state index >= 15 is 0 Å². The molecule has 2 aromatic heterocycles. The molecule has 0 spiro atoms. The molecule has 7 heteroatoms. The van der Waals surface area contributed by atoms with Gasteiger partial charge in [0.05, 0.1) is 0 Å². The molecule has 0 bridgehead atoms. The SMILES string of the molecule is O=c1[nH]c2sc(Cl)c(-c3ccc4c(c3O)CCCC4)c2c([O-])c1-c1ccccc1.[K+]. The Kier molecular flexibility index (Phi) is 6.47. The van der Waals surface area contributed by atoms with Crippen molar-refractivity contribution in [2.24, 2.45) is 0 Å². The second-order valence-corrected chi connectivity index (χ2v) is 8.91. The van der Waals surface area contributed by atoms with Crippen molar-refractivity contribution in [1.82, 2.24) is 4.98 Å². The number of aromatic nitrogens is 1. The molecule has 2 aromatic carbocycles. The van der Waals surface area contributed by atoms with Crippen molar-refractivity contribution in [3.05, 3.63) is 68.3 Å². The fourth-order valence-corrected chi connectivity index (χ4v) is 5.58. The first-order chi connectivity index (χ1) is 14.1. The number of benzene rings is 2. The van der Waals surface area contributed by atoms with Gasteiger partial charge in [0.1, 0.15) is 14.9 Å². The zero-order chi connectivity index (χ0) is 20.1. The molecule has 0 amide bonds. The van der Waals surface area contributed by atoms with Crippen LogP contribution in [0.1, 0.15) is 24.0 Å². The molecule has 0 saturated heterocycles. The van der Waals surface area contributed by atoms with Gasteiger partial charge in [-0.15, -0.1) is 11.3 Å². The number of fused-ring (bicyclic) bond motifs is 2. The first kappa shape index (κ1) is 22.1. The van der Waals surface area contributed by atoms with E-state index in [0.717, 1.165) is 48.1 Å². The molecule has 2 heterocycles. The number of hydrogen-bond acceptors (Lipinski definition) is 4. The van der Waals surface area contributed by atoms with E-state index in [0.29, 0.717) is 31.2 Å². The smallest absolute Gasteiger partial charge is 0.871 e. The number of aromatic hydroxyl groups is 1. The summed E-state index contributed by atoms with van der Waals surface area (Å²) in [5, 5.41) is 24.7. The second-order valence-electron chi connectivity index (χ2n) is 7.29. The quantitative estimate of drug-likeness (QED) is 0.449. The van der Waals surface area contributed by atoms with Crippen molar-refractivity contribution in [3.8, 4) is 33.8 Å². The van der Waals surface area contributed by atoms with E-state index in [4.69, 9.17) is 11.6 Å². The molecule has 5 rings (SSSR count). The maximum Gasteiger partial charge on any atom is 1.00 e. The summed E-state index contributed by atoms with van der Waals surface area (Å²) in [5.41, 5.74) is 3.34. The molecule has 0 atom stereocenters. The van der Waals surface area contributed by atoms with Crippen LogP contribution in [0, 0.1) is 0 Å². The van der Waals surface area contributed by atoms with Crippen molar-refractivity contribution in [1.29, 1.82) is 0 Å². The molecule has 2 N–H and O–H groups in total. The van der Waals surface area contributed by atoms with Crippen LogP contribution in [0.4, 0.5) is 0 Å². The molecule has 0 saturated carbocycles. The Bertz CT molecular complexity index is 1310. The number of H-pyrrole nitrogens is 1. The number of aryl methyl sites for hydroxylation is 1. The number of pyridine rings is 1. The maximum absolute atomic E-state index is 13.4. The third-order valence-corrected chi connectivity index (χ3v) is 6.92. The summed E-state index contributed by atoms with van der Waals surface area (Å²) in [4.78, 5) is 15.9. The van der Waals surface area contributed by atoms with E-state index in [9.17, 15) is 15.0 Å². The molecule has 30 heavy (non-hydrogen) atoms. The van der Waals surface area contributed by atoms with Gasteiger partial charge in [0.15, 0.2) is 0 Å². The molecule has 0 radical (unpaired) electrons. The summed E-state index contributed by atoms with van der Waals surface area (Å²) in [6.07, 6.45) is 3.89. The minimum atomic E-state index is -0.437. The van der Waals surface area contributed by atoms with Gasteiger partial charge >= 0.3 is 51.4 Å². The Hall–Kier alpha value is -1.12. The van der Waals surface area contributed by atoms with E-state index in [1.165, 1.54) is 0 Å². The third-order valence-electron chi connectivity index (χ3n) is 5.61. The molecule has 4 nitrogen and oxygen atoms in total. The van der Waals surface area contributed by atoms with Crippen molar-refractivity contribution in [2.45, 2.75) is 25.7 Å². The summed E-state index contributed by atoms with van der Waals surface area (Å²) in [7, 11) is 0. The molecule has 1 aliphatic carbocycles. The summed E-state index contributed by atoms with van der Waals surface area (Å²) in [6.45, 7) is 0. The molecule has 0 fully saturated rings. The van der Waals surface area contributed by atoms with Crippen LogP contribution < -0.4 is 62.1 Å². The van der Waals surface area contributed by atoms with Crippen LogP contribution in [0.2, 0.25) is 4.34 Å². The Morgan fingerprint density at radius 2 is 1.77 bits per heavy atom. The molecular weight excluding hydrogens is 445 g/mol. The van der Waals surface area contributed by atoms with Crippen molar-refractivity contribution in [3.63, 3.8) is 0 Å². The molecular formula is C23H17ClKNO3S. The topological polar surface area (TPSA) is 76.2 Å². The standard InChI is InChI=1S/C23H18ClNO3S.K/c24-21-17(15-11-10-12-6-4-5-9-14(12)19(15)26)18-20(27)16(13-7-2-1-3-8-13)22(28)25-23(18)29-21;/h1-3,7-8,10-11,26H,4-6,9H2,(H2,25,27,28);/q;+1/p-1. The summed E-state index contributed by atoms with van der Waals surface area (Å²) >= 11 is 7.68. The predicted molar refractivity (Wildman–Crippen MR) is 116 cm³/mol. The monoisotopic (exact) mass is 461 g/mol. The summed E-state index contributed by atoms with van der Waals surface area (Å²) < 4.78 is 0.379. The number of hydrogen-bond donors (Lipinski definition) is 2. The number of halogens is 1. The Morgan fingerprint density at radius 1 is 1.03 bits per heavy atom. The van der Waals surface area contributed by atoms with Gasteiger partial charge in [0, 0.05) is 22.1 Å². The van der Waals surface area contributed by atoms with E-state index in [2.05, 4.69) is 4.98 Å². The molecule has 146 valence electrons. The molecule has 0 aliphatic heterocycles. The molecule has 0 unspecified atom stereocenters. The van der Waals surface area contributed by atoms with Crippen molar-refractivity contribution >= 4 is 33.2 Å². The van der Waals surface area contributed by atoms with Gasteiger partial charge in [-0.2, -0.15) is 0 Å². The largest absolute Gasteiger partial charge is 1.00 e. The second kappa shape index (κ2) is 8.78. The first-order valence-corrected chi connectivity index (χ1v) is 10.7. The average molecular weight is 462 g/mol. The van der Waals surface area contributed by atoms with E-state index < -0.39 is 5.56 Å². The fraction of sp³-hybridized carbons (Fsp3) is 0.174. The van der Waals surface area contributed by atoms with Crippen molar-refractivity contribution < 1.29 is 61.6 Å². The maximum atomic E-state index is 13.4. The van der Waals surface area contributed by atoms with Crippen LogP contribution in [0.25, 0.3) is 32.5 Å². The Morgan fingerprint density at radius 3 is 2.53 bits per heavy atom. The van der Waals surface area contributed by atoms with Gasteiger partial charge in [0.2, 0.25) is 0 Å². The minimum absolute atomic E-state index is 0. The van der Waals surface area contributed by atoms with Gasteiger partial charge in [0.25, 0.3) is 5.56 Å².